The third-order valence-electron chi connectivity index (χ3n) is 6.06. The summed E-state index contributed by atoms with van der Waals surface area (Å²) < 4.78 is 39.5. The summed E-state index contributed by atoms with van der Waals surface area (Å²) in [5.74, 6) is -3.84. The number of carbonyl (C=O) groups excluding carboxylic acids is 4. The molecule has 4 atom stereocenters. The van der Waals surface area contributed by atoms with Gasteiger partial charge in [-0.1, -0.05) is 0 Å². The van der Waals surface area contributed by atoms with Crippen LogP contribution in [0.5, 0.6) is 0 Å². The van der Waals surface area contributed by atoms with Crippen LogP contribution in [0.2, 0.25) is 0 Å². The number of allylic oxidation sites excluding steroid dienone is 2. The molecule has 3 heterocycles. The van der Waals surface area contributed by atoms with Crippen LogP contribution in [0.3, 0.4) is 0 Å². The topological polar surface area (TPSA) is 148 Å². The molecule has 0 spiro atoms. The summed E-state index contributed by atoms with van der Waals surface area (Å²) in [5, 5.41) is 9.12. The molecule has 0 aromatic heterocycles. The van der Waals surface area contributed by atoms with Crippen LogP contribution in [0.1, 0.15) is 17.9 Å². The number of amides is 2. The van der Waals surface area contributed by atoms with Crippen LogP contribution in [0.4, 0.5) is 4.79 Å². The normalized spacial score (nSPS) is 33.6. The molecular weight excluding hydrogens is 398 g/mol. The summed E-state index contributed by atoms with van der Waals surface area (Å²) >= 11 is 0. The minimum atomic E-state index is -2.98. The van der Waals surface area contributed by atoms with E-state index in [9.17, 15) is 19.2 Å². The zero-order chi connectivity index (χ0) is 24.5. The van der Waals surface area contributed by atoms with Crippen LogP contribution in [0.25, 0.3) is 0 Å². The second-order valence-electron chi connectivity index (χ2n) is 7.38. The minimum Gasteiger partial charge on any atom is -0.487 e. The van der Waals surface area contributed by atoms with E-state index in [0.29, 0.717) is 0 Å². The monoisotopic (exact) mass is 424 g/mol. The van der Waals surface area contributed by atoms with Gasteiger partial charge < -0.3 is 34.9 Å². The smallest absolute Gasteiger partial charge is 0.404 e. The molecular formula is C19H23N3O8. The van der Waals surface area contributed by atoms with Gasteiger partial charge in [-0.05, 0) is 6.85 Å². The third kappa shape index (κ3) is 2.45. The van der Waals surface area contributed by atoms with Crippen LogP contribution < -0.4 is 5.73 Å². The molecule has 30 heavy (non-hydrogen) atoms. The largest absolute Gasteiger partial charge is 0.487 e. The first-order chi connectivity index (χ1) is 15.4. The van der Waals surface area contributed by atoms with E-state index in [4.69, 9.17) is 29.2 Å². The van der Waals surface area contributed by atoms with E-state index in [1.54, 1.807) is 0 Å². The van der Waals surface area contributed by atoms with E-state index in [0.717, 1.165) is 0 Å². The molecule has 0 bridgehead atoms. The van der Waals surface area contributed by atoms with E-state index in [1.807, 2.05) is 0 Å². The van der Waals surface area contributed by atoms with Crippen molar-refractivity contribution < 1.29 is 42.6 Å². The second-order valence-corrected chi connectivity index (χ2v) is 7.38. The standard InChI is InChI=1S/C19H23N3O8/c1-8-14(25)13-12(15(26)16(8)29-5-4-23)10(7-30-18(20)27)19(28-3)17-11(6-21(13)19)22(17)9(2)24/h10-11,17,23H,4-7H2,1-3H3,(H2,20,27)/t10-,11+,17+,19-,22?/m1/s1/i1D3. The van der Waals surface area contributed by atoms with E-state index < -0.39 is 73.3 Å². The number of fused-ring (bicyclic) bond motifs is 4. The SMILES string of the molecule is [2H]C([2H])([2H])C1=C(OCCO)C(=O)C2=C(C1=O)N1C[C@H]3[C@H](N3C(C)=O)[C@]1(OC)[C@@H]2COC(N)=O. The first-order valence-electron chi connectivity index (χ1n) is 10.8. The second kappa shape index (κ2) is 6.81. The molecule has 0 aromatic rings. The number of nitrogens with two attached hydrogens (primary N) is 1. The zero-order valence-corrected chi connectivity index (χ0v) is 16.3. The maximum atomic E-state index is 13.5. The Bertz CT molecular complexity index is 1020. The lowest BCUT2D eigenvalue weighted by Crippen LogP contribution is -2.56. The first kappa shape index (κ1) is 16.8. The predicted octanol–water partition coefficient (Wildman–Crippen LogP) is -1.34. The molecule has 0 saturated carbocycles. The van der Waals surface area contributed by atoms with Crippen molar-refractivity contribution >= 4 is 23.6 Å². The molecule has 3 aliphatic heterocycles. The number of piperazine rings is 1. The Morgan fingerprint density at radius 1 is 1.37 bits per heavy atom. The van der Waals surface area contributed by atoms with Crippen LogP contribution in [0, 0.1) is 5.92 Å². The number of hydrogen-bond acceptors (Lipinski definition) is 9. The highest BCUT2D eigenvalue weighted by atomic mass is 16.6. The van der Waals surface area contributed by atoms with Crippen molar-refractivity contribution in [3.05, 3.63) is 22.6 Å². The van der Waals surface area contributed by atoms with Gasteiger partial charge in [0.1, 0.15) is 19.3 Å². The minimum absolute atomic E-state index is 0.115. The van der Waals surface area contributed by atoms with E-state index in [1.165, 1.54) is 23.8 Å². The summed E-state index contributed by atoms with van der Waals surface area (Å²) in [5.41, 5.74) is 2.56. The van der Waals surface area contributed by atoms with E-state index in [2.05, 4.69) is 0 Å². The Balaban J connectivity index is 1.86. The number of hydrogen-bond donors (Lipinski definition) is 2. The van der Waals surface area contributed by atoms with Crippen LogP contribution in [-0.2, 0) is 28.6 Å². The molecule has 2 amide bonds. The fourth-order valence-corrected chi connectivity index (χ4v) is 5.03. The highest BCUT2D eigenvalue weighted by molar-refractivity contribution is 6.25. The first-order valence-corrected chi connectivity index (χ1v) is 9.29. The Kier molecular flexibility index (Phi) is 3.82. The van der Waals surface area contributed by atoms with Gasteiger partial charge in [0, 0.05) is 35.8 Å². The molecule has 2 saturated heterocycles. The lowest BCUT2D eigenvalue weighted by molar-refractivity contribution is -0.152. The highest BCUT2D eigenvalue weighted by Gasteiger charge is 2.77. The Morgan fingerprint density at radius 3 is 2.67 bits per heavy atom. The van der Waals surface area contributed by atoms with E-state index >= 15 is 0 Å². The predicted molar refractivity (Wildman–Crippen MR) is 98.3 cm³/mol. The molecule has 11 heteroatoms. The number of ketones is 2. The molecule has 0 unspecified atom stereocenters. The number of ether oxygens (including phenoxy) is 3. The molecule has 3 N–H and O–H groups in total. The van der Waals surface area contributed by atoms with Crippen LogP contribution >= 0.6 is 0 Å². The number of aliphatic hydroxyl groups is 1. The van der Waals surface area contributed by atoms with Gasteiger partial charge in [0.25, 0.3) is 0 Å². The summed E-state index contributed by atoms with van der Waals surface area (Å²) in [6, 6.07) is -0.895. The Hall–Kier alpha value is -2.92. The summed E-state index contributed by atoms with van der Waals surface area (Å²) in [7, 11) is 1.33. The molecule has 1 aliphatic carbocycles. The molecule has 0 radical (unpaired) electrons. The maximum absolute atomic E-state index is 13.5. The van der Waals surface area contributed by atoms with Crippen LogP contribution in [0.15, 0.2) is 22.6 Å². The van der Waals surface area contributed by atoms with Gasteiger partial charge in [0.05, 0.1) is 24.3 Å². The maximum Gasteiger partial charge on any atom is 0.404 e. The third-order valence-corrected chi connectivity index (χ3v) is 6.06. The molecule has 0 aromatic carbocycles. The number of aliphatic hydroxyl groups excluding tert-OH is 1. The van der Waals surface area contributed by atoms with Gasteiger partial charge in [-0.25, -0.2) is 4.79 Å². The summed E-state index contributed by atoms with van der Waals surface area (Å²) in [6.45, 7) is -2.89. The number of methoxy groups -OCH3 is 1. The van der Waals surface area contributed by atoms with Gasteiger partial charge in [-0.15, -0.1) is 0 Å². The van der Waals surface area contributed by atoms with E-state index in [-0.39, 0.29) is 29.8 Å². The van der Waals surface area contributed by atoms with Crippen molar-refractivity contribution in [2.45, 2.75) is 31.6 Å². The quantitative estimate of drug-likeness (QED) is 0.390. The average Bonchev–Trinajstić information content (AvgIpc) is 3.23. The summed E-state index contributed by atoms with van der Waals surface area (Å²) in [4.78, 5) is 53.6. The van der Waals surface area contributed by atoms with Gasteiger partial charge in [-0.3, -0.25) is 14.4 Å². The fraction of sp³-hybridized carbons (Fsp3) is 0.579. The molecule has 162 valence electrons. The average molecular weight is 424 g/mol. The van der Waals surface area contributed by atoms with Gasteiger partial charge in [0.15, 0.2) is 11.5 Å². The highest BCUT2D eigenvalue weighted by Crippen LogP contribution is 2.59. The number of rotatable bonds is 6. The molecule has 2 fully saturated rings. The lowest BCUT2D eigenvalue weighted by atomic mass is 9.83. The number of nitrogens with zero attached hydrogens (tertiary/aromatic N) is 2. The Morgan fingerprint density at radius 2 is 2.10 bits per heavy atom. The van der Waals surface area contributed by atoms with Crippen molar-refractivity contribution in [3.63, 3.8) is 0 Å². The molecule has 4 aliphatic rings. The van der Waals surface area contributed by atoms with Crippen molar-refractivity contribution in [3.8, 4) is 0 Å². The number of Topliss-reactive ketones (excluding diaryl/α,β-unsaturated/α-hetero) is 2. The summed E-state index contributed by atoms with van der Waals surface area (Å²) in [6.07, 6.45) is -1.12. The van der Waals surface area contributed by atoms with Crippen LogP contribution in [-0.4, -0.2) is 89.8 Å². The van der Waals surface area contributed by atoms with Crippen molar-refractivity contribution in [1.82, 2.24) is 9.80 Å². The number of primary amides is 1. The van der Waals surface area contributed by atoms with Crippen molar-refractivity contribution in [2.24, 2.45) is 11.7 Å². The molecule has 4 rings (SSSR count). The van der Waals surface area contributed by atoms with Gasteiger partial charge >= 0.3 is 6.09 Å². The van der Waals surface area contributed by atoms with Gasteiger partial charge in [-0.2, -0.15) is 0 Å². The Labute approximate surface area is 176 Å². The molecule has 11 nitrogen and oxygen atoms in total. The van der Waals surface area contributed by atoms with Crippen molar-refractivity contribution in [2.75, 3.05) is 33.5 Å². The van der Waals surface area contributed by atoms with Crippen molar-refractivity contribution in [1.29, 1.82) is 0 Å². The number of carbonyl (C=O) groups is 4. The lowest BCUT2D eigenvalue weighted by Gasteiger charge is -2.40. The van der Waals surface area contributed by atoms with Gasteiger partial charge in [0.2, 0.25) is 17.5 Å². The zero-order valence-electron chi connectivity index (χ0n) is 19.3. The fourth-order valence-electron chi connectivity index (χ4n) is 5.03.